The second-order valence-corrected chi connectivity index (χ2v) is 9.40. The number of thioether (sulfide) groups is 1. The Morgan fingerprint density at radius 2 is 1.11 bits per heavy atom. The average Bonchev–Trinajstić information content (AvgIpc) is 2.83. The van der Waals surface area contributed by atoms with Crippen molar-refractivity contribution in [2.24, 2.45) is 0 Å². The van der Waals surface area contributed by atoms with Gasteiger partial charge in [-0.05, 0) is 49.3 Å². The van der Waals surface area contributed by atoms with Gasteiger partial charge in [0.15, 0.2) is 0 Å². The Bertz CT molecular complexity index is 842. The smallest absolute Gasteiger partial charge is 0.308 e. The molecule has 0 aliphatic heterocycles. The van der Waals surface area contributed by atoms with E-state index < -0.39 is 0 Å². The number of hydrogen-bond acceptors (Lipinski definition) is 7. The van der Waals surface area contributed by atoms with Crippen LogP contribution < -0.4 is 9.47 Å². The van der Waals surface area contributed by atoms with Crippen molar-refractivity contribution >= 4 is 23.7 Å². The molecule has 2 rings (SSSR count). The molecule has 0 aliphatic rings. The Morgan fingerprint density at radius 3 is 1.49 bits per heavy atom. The van der Waals surface area contributed by atoms with E-state index in [9.17, 15) is 9.59 Å². The van der Waals surface area contributed by atoms with Crippen LogP contribution in [0.1, 0.15) is 76.7 Å². The molecule has 0 heterocycles. The summed E-state index contributed by atoms with van der Waals surface area (Å²) in [6.07, 6.45) is 3.14. The molecule has 2 unspecified atom stereocenters. The summed E-state index contributed by atoms with van der Waals surface area (Å²) in [6, 6.07) is 15.1. The first-order chi connectivity index (χ1) is 17.0. The van der Waals surface area contributed by atoms with E-state index in [1.165, 1.54) is 13.8 Å². The molecule has 0 fully saturated rings. The minimum Gasteiger partial charge on any atom is -0.426 e. The van der Waals surface area contributed by atoms with Crippen molar-refractivity contribution in [2.45, 2.75) is 65.6 Å². The van der Waals surface area contributed by atoms with Gasteiger partial charge in [-0.3, -0.25) is 9.59 Å². The number of carbonyl (C=O) groups is 2. The molecular weight excluding hydrogens is 464 g/mol. The van der Waals surface area contributed by atoms with Crippen LogP contribution in [-0.2, 0) is 19.1 Å². The van der Waals surface area contributed by atoms with Crippen LogP contribution in [0, 0.1) is 0 Å². The monoisotopic (exact) mass is 502 g/mol. The van der Waals surface area contributed by atoms with Crippen LogP contribution in [0.2, 0.25) is 0 Å². The number of para-hydroxylation sites is 2. The molecule has 0 aromatic heterocycles. The zero-order valence-electron chi connectivity index (χ0n) is 21.3. The lowest BCUT2D eigenvalue weighted by Crippen LogP contribution is -2.12. The topological polar surface area (TPSA) is 71.1 Å². The third-order valence-corrected chi connectivity index (χ3v) is 6.18. The molecule has 6 nitrogen and oxygen atoms in total. The van der Waals surface area contributed by atoms with E-state index in [0.717, 1.165) is 48.3 Å². The maximum atomic E-state index is 11.5. The Hall–Kier alpha value is -2.35. The first-order valence-electron chi connectivity index (χ1n) is 12.3. The minimum absolute atomic E-state index is 0.144. The van der Waals surface area contributed by atoms with Crippen molar-refractivity contribution in [3.63, 3.8) is 0 Å². The van der Waals surface area contributed by atoms with Crippen LogP contribution in [0.3, 0.4) is 0 Å². The van der Waals surface area contributed by atoms with E-state index >= 15 is 0 Å². The third kappa shape index (κ3) is 10.4. The van der Waals surface area contributed by atoms with Gasteiger partial charge < -0.3 is 18.9 Å². The molecule has 2 aromatic rings. The molecule has 35 heavy (non-hydrogen) atoms. The van der Waals surface area contributed by atoms with Crippen LogP contribution >= 0.6 is 11.8 Å². The normalized spacial score (nSPS) is 12.7. The number of esters is 2. The van der Waals surface area contributed by atoms with Gasteiger partial charge in [0.1, 0.15) is 11.5 Å². The summed E-state index contributed by atoms with van der Waals surface area (Å²) in [4.78, 5) is 23.1. The summed E-state index contributed by atoms with van der Waals surface area (Å²) in [5.41, 5.74) is 1.80. The fourth-order valence-electron chi connectivity index (χ4n) is 3.65. The van der Waals surface area contributed by atoms with Gasteiger partial charge in [0.25, 0.3) is 0 Å². The van der Waals surface area contributed by atoms with Gasteiger partial charge in [-0.1, -0.05) is 50.2 Å². The van der Waals surface area contributed by atoms with Crippen LogP contribution in [0.25, 0.3) is 0 Å². The Balaban J connectivity index is 1.99. The fraction of sp³-hybridized carbons (Fsp3) is 0.500. The van der Waals surface area contributed by atoms with Gasteiger partial charge in [0, 0.05) is 38.2 Å². The zero-order valence-corrected chi connectivity index (χ0v) is 22.1. The van der Waals surface area contributed by atoms with Gasteiger partial charge in [0.2, 0.25) is 0 Å². The molecule has 0 radical (unpaired) electrons. The number of ether oxygens (including phenoxy) is 4. The summed E-state index contributed by atoms with van der Waals surface area (Å²) in [5, 5.41) is 0. The molecule has 0 bridgehead atoms. The standard InChI is InChI=1S/C28H38O6S/c1-5-17-31-25(23-11-7-9-13-27(23)33-21(3)29)15-19-35-20-16-26(32-18-6-2)24-12-8-10-14-28(24)34-22(4)30/h7-14,25-26H,5-6,15-20H2,1-4H3. The van der Waals surface area contributed by atoms with E-state index in [2.05, 4.69) is 13.8 Å². The number of rotatable bonds is 16. The van der Waals surface area contributed by atoms with E-state index in [0.29, 0.717) is 24.7 Å². The second kappa shape index (κ2) is 16.3. The predicted molar refractivity (Wildman–Crippen MR) is 140 cm³/mol. The number of benzene rings is 2. The van der Waals surface area contributed by atoms with Crippen molar-refractivity contribution in [2.75, 3.05) is 24.7 Å². The van der Waals surface area contributed by atoms with E-state index in [1.54, 1.807) is 0 Å². The van der Waals surface area contributed by atoms with Gasteiger partial charge in [0.05, 0.1) is 12.2 Å². The largest absolute Gasteiger partial charge is 0.426 e. The first kappa shape index (κ1) is 28.9. The summed E-state index contributed by atoms with van der Waals surface area (Å²) in [6.45, 7) is 8.26. The van der Waals surface area contributed by atoms with E-state index in [1.807, 2.05) is 60.3 Å². The van der Waals surface area contributed by atoms with Crippen molar-refractivity contribution in [1.82, 2.24) is 0 Å². The fourth-order valence-corrected chi connectivity index (χ4v) is 4.61. The molecule has 0 spiro atoms. The van der Waals surface area contributed by atoms with Crippen LogP contribution in [0.15, 0.2) is 48.5 Å². The second-order valence-electron chi connectivity index (χ2n) is 8.17. The highest BCUT2D eigenvalue weighted by atomic mass is 32.2. The summed E-state index contributed by atoms with van der Waals surface area (Å²) >= 11 is 1.83. The molecule has 0 aliphatic carbocycles. The lowest BCUT2D eigenvalue weighted by Gasteiger charge is -2.22. The maximum absolute atomic E-state index is 11.5. The van der Waals surface area contributed by atoms with E-state index in [-0.39, 0.29) is 24.1 Å². The zero-order chi connectivity index (χ0) is 25.5. The Morgan fingerprint density at radius 1 is 0.714 bits per heavy atom. The molecular formula is C28H38O6S. The summed E-state index contributed by atoms with van der Waals surface area (Å²) in [5.74, 6) is 2.20. The molecule has 7 heteroatoms. The first-order valence-corrected chi connectivity index (χ1v) is 13.5. The van der Waals surface area contributed by atoms with Crippen molar-refractivity contribution < 1.29 is 28.5 Å². The Labute approximate surface area is 213 Å². The molecule has 0 saturated carbocycles. The maximum Gasteiger partial charge on any atom is 0.308 e. The number of carbonyl (C=O) groups excluding carboxylic acids is 2. The summed E-state index contributed by atoms with van der Waals surface area (Å²) in [7, 11) is 0. The lowest BCUT2D eigenvalue weighted by molar-refractivity contribution is -0.133. The van der Waals surface area contributed by atoms with Crippen LogP contribution in [-0.4, -0.2) is 36.7 Å². The van der Waals surface area contributed by atoms with Gasteiger partial charge in [-0.15, -0.1) is 0 Å². The van der Waals surface area contributed by atoms with Gasteiger partial charge >= 0.3 is 11.9 Å². The highest BCUT2D eigenvalue weighted by Gasteiger charge is 2.20. The van der Waals surface area contributed by atoms with Crippen LogP contribution in [0.5, 0.6) is 11.5 Å². The summed E-state index contributed by atoms with van der Waals surface area (Å²) < 4.78 is 23.1. The van der Waals surface area contributed by atoms with Crippen molar-refractivity contribution in [3.8, 4) is 11.5 Å². The third-order valence-electron chi connectivity index (χ3n) is 5.13. The van der Waals surface area contributed by atoms with Crippen LogP contribution in [0.4, 0.5) is 0 Å². The molecule has 2 atom stereocenters. The molecule has 0 amide bonds. The Kier molecular flexibility index (Phi) is 13.5. The van der Waals surface area contributed by atoms with Crippen molar-refractivity contribution in [3.05, 3.63) is 59.7 Å². The van der Waals surface area contributed by atoms with E-state index in [4.69, 9.17) is 18.9 Å². The van der Waals surface area contributed by atoms with Gasteiger partial charge in [-0.2, -0.15) is 11.8 Å². The lowest BCUT2D eigenvalue weighted by atomic mass is 10.1. The molecule has 0 N–H and O–H groups in total. The highest BCUT2D eigenvalue weighted by Crippen LogP contribution is 2.34. The van der Waals surface area contributed by atoms with Gasteiger partial charge in [-0.25, -0.2) is 0 Å². The SMILES string of the molecule is CCCOC(CCSCCC(OCCC)c1ccccc1OC(C)=O)c1ccccc1OC(C)=O. The average molecular weight is 503 g/mol. The minimum atomic E-state index is -0.340. The molecule has 192 valence electrons. The molecule has 2 aromatic carbocycles. The number of hydrogen-bond donors (Lipinski definition) is 0. The van der Waals surface area contributed by atoms with Crippen molar-refractivity contribution in [1.29, 1.82) is 0 Å². The molecule has 0 saturated heterocycles. The highest BCUT2D eigenvalue weighted by molar-refractivity contribution is 7.99. The predicted octanol–water partition coefficient (Wildman–Crippen LogP) is 6.69. The quantitative estimate of drug-likeness (QED) is 0.144.